The Morgan fingerprint density at radius 3 is 2.68 bits per heavy atom. The number of halogens is 2. The topological polar surface area (TPSA) is 47.0 Å². The van der Waals surface area contributed by atoms with Crippen LogP contribution in [0.3, 0.4) is 0 Å². The highest BCUT2D eigenvalue weighted by Crippen LogP contribution is 2.30. The predicted octanol–water partition coefficient (Wildman–Crippen LogP) is 3.69. The molecule has 0 atom stereocenters. The summed E-state index contributed by atoms with van der Waals surface area (Å²) in [6.07, 6.45) is 0. The van der Waals surface area contributed by atoms with Gasteiger partial charge in [0.05, 0.1) is 10.7 Å². The molecule has 100 valence electrons. The highest BCUT2D eigenvalue weighted by molar-refractivity contribution is 6.34. The lowest BCUT2D eigenvalue weighted by atomic mass is 10.3. The van der Waals surface area contributed by atoms with E-state index in [1.54, 1.807) is 24.3 Å². The zero-order valence-electron chi connectivity index (χ0n) is 10.4. The number of hydrogen-bond acceptors (Lipinski definition) is 4. The van der Waals surface area contributed by atoms with Gasteiger partial charge in [-0.2, -0.15) is 5.10 Å². The van der Waals surface area contributed by atoms with Gasteiger partial charge in [-0.25, -0.2) is 0 Å². The number of rotatable bonds is 5. The highest BCUT2D eigenvalue weighted by atomic mass is 35.5. The number of hydrogen-bond donors (Lipinski definition) is 1. The van der Waals surface area contributed by atoms with Gasteiger partial charge in [-0.15, -0.1) is 5.10 Å². The van der Waals surface area contributed by atoms with Gasteiger partial charge in [0, 0.05) is 23.7 Å². The summed E-state index contributed by atoms with van der Waals surface area (Å²) in [4.78, 5) is 0. The van der Waals surface area contributed by atoms with Gasteiger partial charge < -0.3 is 10.1 Å². The molecule has 6 heteroatoms. The van der Waals surface area contributed by atoms with E-state index in [0.29, 0.717) is 28.2 Å². The van der Waals surface area contributed by atoms with E-state index < -0.39 is 0 Å². The molecule has 2 aromatic rings. The molecule has 0 unspecified atom stereocenters. The second kappa shape index (κ2) is 6.70. The van der Waals surface area contributed by atoms with Crippen LogP contribution in [0.5, 0.6) is 11.6 Å². The first-order valence-corrected chi connectivity index (χ1v) is 6.61. The lowest BCUT2D eigenvalue weighted by Crippen LogP contribution is -2.13. The Morgan fingerprint density at radius 2 is 2.00 bits per heavy atom. The van der Waals surface area contributed by atoms with E-state index in [4.69, 9.17) is 27.9 Å². The third-order valence-corrected chi connectivity index (χ3v) is 2.91. The lowest BCUT2D eigenvalue weighted by Gasteiger charge is -2.07. The first-order chi connectivity index (χ1) is 9.19. The molecule has 4 nitrogen and oxygen atoms in total. The van der Waals surface area contributed by atoms with Gasteiger partial charge in [0.15, 0.2) is 0 Å². The second-order valence-corrected chi connectivity index (χ2v) is 4.66. The predicted molar refractivity (Wildman–Crippen MR) is 75.9 cm³/mol. The number of ether oxygens (including phenoxy) is 1. The number of nitrogens with one attached hydrogen (secondary N) is 1. The Balaban J connectivity index is 2.08. The van der Waals surface area contributed by atoms with Gasteiger partial charge >= 0.3 is 0 Å². The Kier molecular flexibility index (Phi) is 4.96. The van der Waals surface area contributed by atoms with E-state index in [0.717, 1.165) is 12.2 Å². The summed E-state index contributed by atoms with van der Waals surface area (Å²) in [7, 11) is 0. The van der Waals surface area contributed by atoms with E-state index in [-0.39, 0.29) is 0 Å². The van der Waals surface area contributed by atoms with Crippen molar-refractivity contribution in [3.8, 4) is 11.6 Å². The van der Waals surface area contributed by atoms with Crippen LogP contribution in [-0.4, -0.2) is 16.7 Å². The van der Waals surface area contributed by atoms with Crippen molar-refractivity contribution in [3.05, 3.63) is 46.1 Å². The summed E-state index contributed by atoms with van der Waals surface area (Å²) in [5.41, 5.74) is 0.853. The Hall–Kier alpha value is -1.36. The molecule has 19 heavy (non-hydrogen) atoms. The smallest absolute Gasteiger partial charge is 0.238 e. The fourth-order valence-corrected chi connectivity index (χ4v) is 1.74. The summed E-state index contributed by atoms with van der Waals surface area (Å²) in [6.45, 7) is 3.60. The number of nitrogens with zero attached hydrogens (tertiary/aromatic N) is 2. The van der Waals surface area contributed by atoms with Crippen molar-refractivity contribution in [1.82, 2.24) is 15.5 Å². The van der Waals surface area contributed by atoms with Crippen LogP contribution in [0.15, 0.2) is 30.3 Å². The van der Waals surface area contributed by atoms with Gasteiger partial charge in [-0.05, 0) is 24.7 Å². The molecule has 0 aliphatic rings. The molecule has 1 aromatic heterocycles. The normalized spacial score (nSPS) is 10.5. The molecule has 2 rings (SSSR count). The van der Waals surface area contributed by atoms with Gasteiger partial charge in [-0.1, -0.05) is 30.1 Å². The largest absolute Gasteiger partial charge is 0.436 e. The average molecular weight is 298 g/mol. The summed E-state index contributed by atoms with van der Waals surface area (Å²) in [5, 5.41) is 12.2. The van der Waals surface area contributed by atoms with Crippen LogP contribution in [0, 0.1) is 0 Å². The number of aromatic nitrogens is 2. The molecule has 1 aromatic carbocycles. The molecule has 0 aliphatic carbocycles. The van der Waals surface area contributed by atoms with E-state index in [9.17, 15) is 0 Å². The monoisotopic (exact) mass is 297 g/mol. The first-order valence-electron chi connectivity index (χ1n) is 5.85. The fraction of sp³-hybridized carbons (Fsp3) is 0.231. The Bertz CT molecular complexity index is 546. The SMILES string of the molecule is CCNCc1ccc(Oc2cc(Cl)ccc2Cl)nn1. The summed E-state index contributed by atoms with van der Waals surface area (Å²) >= 11 is 11.9. The summed E-state index contributed by atoms with van der Waals surface area (Å²) < 4.78 is 5.54. The quantitative estimate of drug-likeness (QED) is 0.914. The third kappa shape index (κ3) is 4.06. The molecule has 0 fully saturated rings. The molecular formula is C13H13Cl2N3O. The number of benzene rings is 1. The third-order valence-electron chi connectivity index (χ3n) is 2.36. The van der Waals surface area contributed by atoms with Gasteiger partial charge in [0.2, 0.25) is 5.88 Å². The molecular weight excluding hydrogens is 285 g/mol. The van der Waals surface area contributed by atoms with E-state index >= 15 is 0 Å². The molecule has 0 saturated carbocycles. The minimum absolute atomic E-state index is 0.379. The zero-order valence-corrected chi connectivity index (χ0v) is 11.9. The van der Waals surface area contributed by atoms with Gasteiger partial charge in [-0.3, -0.25) is 0 Å². The molecule has 0 aliphatic heterocycles. The van der Waals surface area contributed by atoms with Crippen molar-refractivity contribution in [2.24, 2.45) is 0 Å². The van der Waals surface area contributed by atoms with Crippen LogP contribution in [0.25, 0.3) is 0 Å². The van der Waals surface area contributed by atoms with Crippen LogP contribution in [0.2, 0.25) is 10.0 Å². The van der Waals surface area contributed by atoms with Crippen LogP contribution in [0.1, 0.15) is 12.6 Å². The van der Waals surface area contributed by atoms with E-state index in [2.05, 4.69) is 15.5 Å². The molecule has 0 bridgehead atoms. The zero-order chi connectivity index (χ0) is 13.7. The molecule has 0 amide bonds. The van der Waals surface area contributed by atoms with Crippen molar-refractivity contribution in [2.45, 2.75) is 13.5 Å². The Morgan fingerprint density at radius 1 is 1.16 bits per heavy atom. The van der Waals surface area contributed by atoms with Crippen LogP contribution < -0.4 is 10.1 Å². The van der Waals surface area contributed by atoms with Crippen molar-refractivity contribution >= 4 is 23.2 Å². The first kappa shape index (κ1) is 14.1. The average Bonchev–Trinajstić information content (AvgIpc) is 2.42. The standard InChI is InChI=1S/C13H13Cl2N3O/c1-2-16-8-10-4-6-13(18-17-10)19-12-7-9(14)3-5-11(12)15/h3-7,16H,2,8H2,1H3. The molecule has 0 spiro atoms. The minimum Gasteiger partial charge on any atom is -0.436 e. The van der Waals surface area contributed by atoms with Crippen LogP contribution in [0.4, 0.5) is 0 Å². The highest BCUT2D eigenvalue weighted by Gasteiger charge is 2.05. The van der Waals surface area contributed by atoms with Crippen LogP contribution in [-0.2, 0) is 6.54 Å². The summed E-state index contributed by atoms with van der Waals surface area (Å²) in [5.74, 6) is 0.840. The lowest BCUT2D eigenvalue weighted by molar-refractivity contribution is 0.453. The molecule has 1 heterocycles. The maximum atomic E-state index is 6.00. The molecule has 0 saturated heterocycles. The Labute approximate surface area is 121 Å². The minimum atomic E-state index is 0.379. The summed E-state index contributed by atoms with van der Waals surface area (Å²) in [6, 6.07) is 8.60. The van der Waals surface area contributed by atoms with Gasteiger partial charge in [0.1, 0.15) is 5.75 Å². The maximum absolute atomic E-state index is 6.00. The van der Waals surface area contributed by atoms with Crippen molar-refractivity contribution in [3.63, 3.8) is 0 Å². The molecule has 0 radical (unpaired) electrons. The van der Waals surface area contributed by atoms with Crippen LogP contribution >= 0.6 is 23.2 Å². The van der Waals surface area contributed by atoms with Crippen molar-refractivity contribution < 1.29 is 4.74 Å². The van der Waals surface area contributed by atoms with E-state index in [1.807, 2.05) is 13.0 Å². The second-order valence-electron chi connectivity index (χ2n) is 3.82. The van der Waals surface area contributed by atoms with E-state index in [1.165, 1.54) is 0 Å². The van der Waals surface area contributed by atoms with Crippen molar-refractivity contribution in [2.75, 3.05) is 6.54 Å². The van der Waals surface area contributed by atoms with Gasteiger partial charge in [0.25, 0.3) is 0 Å². The van der Waals surface area contributed by atoms with Crippen molar-refractivity contribution in [1.29, 1.82) is 0 Å². The maximum Gasteiger partial charge on any atom is 0.238 e. The fourth-order valence-electron chi connectivity index (χ4n) is 1.42. The molecule has 1 N–H and O–H groups in total.